The molecule has 0 aliphatic rings. The number of nitrogens with two attached hydrogens (primary N) is 1. The van der Waals surface area contributed by atoms with Crippen molar-refractivity contribution in [3.8, 4) is 0 Å². The lowest BCUT2D eigenvalue weighted by Gasteiger charge is -2.25. The molecule has 0 saturated heterocycles. The van der Waals surface area contributed by atoms with E-state index in [0.717, 1.165) is 18.7 Å². The third kappa shape index (κ3) is 3.39. The molecule has 0 radical (unpaired) electrons. The maximum atomic E-state index is 5.86. The lowest BCUT2D eigenvalue weighted by molar-refractivity contribution is 0.315. The number of nitrogens with one attached hydrogen (secondary N) is 1. The van der Waals surface area contributed by atoms with Gasteiger partial charge in [-0.15, -0.1) is 0 Å². The zero-order valence-corrected chi connectivity index (χ0v) is 12.6. The predicted molar refractivity (Wildman–Crippen MR) is 81.6 cm³/mol. The number of hydrogen-bond donors (Lipinski definition) is 2. The van der Waals surface area contributed by atoms with Crippen molar-refractivity contribution in [1.82, 2.24) is 15.2 Å². The van der Waals surface area contributed by atoms with E-state index in [9.17, 15) is 0 Å². The van der Waals surface area contributed by atoms with Crippen molar-refractivity contribution in [3.05, 3.63) is 12.1 Å². The standard InChI is InChI=1S/C14H23N5O/c1-9(2)7-10(8-19(3)4)16-12-6-5-11(15)13-14(12)18-20-17-13/h5-6,9-10,16H,7-8,15H2,1-4H3. The molecule has 0 fully saturated rings. The Morgan fingerprint density at radius 1 is 1.25 bits per heavy atom. The monoisotopic (exact) mass is 277 g/mol. The second-order valence-corrected chi connectivity index (χ2v) is 5.90. The third-order valence-corrected chi connectivity index (χ3v) is 3.15. The fourth-order valence-electron chi connectivity index (χ4n) is 2.41. The van der Waals surface area contributed by atoms with Crippen molar-refractivity contribution < 1.29 is 4.63 Å². The number of rotatable bonds is 6. The molecule has 0 aliphatic heterocycles. The van der Waals surface area contributed by atoms with E-state index in [1.807, 2.05) is 12.1 Å². The highest BCUT2D eigenvalue weighted by Crippen LogP contribution is 2.26. The van der Waals surface area contributed by atoms with Gasteiger partial charge in [0.05, 0.1) is 11.4 Å². The predicted octanol–water partition coefficient (Wildman–Crippen LogP) is 2.19. The topological polar surface area (TPSA) is 80.2 Å². The molecule has 2 rings (SSSR count). The van der Waals surface area contributed by atoms with Gasteiger partial charge in [-0.25, -0.2) is 4.63 Å². The Balaban J connectivity index is 2.23. The van der Waals surface area contributed by atoms with Crippen LogP contribution in [-0.4, -0.2) is 41.9 Å². The van der Waals surface area contributed by atoms with Crippen molar-refractivity contribution in [1.29, 1.82) is 0 Å². The molecule has 0 amide bonds. The Hall–Kier alpha value is -1.82. The van der Waals surface area contributed by atoms with Crippen LogP contribution in [0.15, 0.2) is 16.8 Å². The summed E-state index contributed by atoms with van der Waals surface area (Å²) >= 11 is 0. The minimum atomic E-state index is 0.341. The van der Waals surface area contributed by atoms with Gasteiger partial charge in [-0.3, -0.25) is 0 Å². The average Bonchev–Trinajstić information content (AvgIpc) is 2.81. The van der Waals surface area contributed by atoms with Crippen molar-refractivity contribution in [2.75, 3.05) is 31.7 Å². The molecule has 1 atom stereocenters. The minimum Gasteiger partial charge on any atom is -0.397 e. The van der Waals surface area contributed by atoms with Gasteiger partial charge in [0.1, 0.15) is 0 Å². The van der Waals surface area contributed by atoms with Gasteiger partial charge in [-0.1, -0.05) is 13.8 Å². The summed E-state index contributed by atoms with van der Waals surface area (Å²) in [7, 11) is 4.15. The molecule has 20 heavy (non-hydrogen) atoms. The van der Waals surface area contributed by atoms with Crippen molar-refractivity contribution in [2.45, 2.75) is 26.3 Å². The minimum absolute atomic E-state index is 0.341. The second kappa shape index (κ2) is 6.09. The number of hydrogen-bond acceptors (Lipinski definition) is 6. The summed E-state index contributed by atoms with van der Waals surface area (Å²) < 4.78 is 4.80. The molecular weight excluding hydrogens is 254 g/mol. The normalized spacial score (nSPS) is 13.3. The summed E-state index contributed by atoms with van der Waals surface area (Å²) in [5, 5.41) is 11.3. The number of fused-ring (bicyclic) bond motifs is 1. The molecule has 0 bridgehead atoms. The lowest BCUT2D eigenvalue weighted by Crippen LogP contribution is -2.33. The smallest absolute Gasteiger partial charge is 0.160 e. The molecule has 6 heteroatoms. The van der Waals surface area contributed by atoms with E-state index in [1.54, 1.807) is 0 Å². The second-order valence-electron chi connectivity index (χ2n) is 5.90. The Bertz CT molecular complexity index is 554. The van der Waals surface area contributed by atoms with Crippen LogP contribution in [0, 0.1) is 5.92 Å². The van der Waals surface area contributed by atoms with Crippen LogP contribution in [0.25, 0.3) is 11.0 Å². The van der Waals surface area contributed by atoms with Gasteiger partial charge in [-0.05, 0) is 48.9 Å². The maximum absolute atomic E-state index is 5.86. The van der Waals surface area contributed by atoms with Gasteiger partial charge in [-0.2, -0.15) is 0 Å². The number of nitrogen functional groups attached to an aromatic ring is 1. The van der Waals surface area contributed by atoms with Gasteiger partial charge >= 0.3 is 0 Å². The molecule has 0 aliphatic carbocycles. The van der Waals surface area contributed by atoms with E-state index in [2.05, 4.69) is 48.5 Å². The Kier molecular flexibility index (Phi) is 4.44. The first-order chi connectivity index (χ1) is 9.47. The molecule has 1 unspecified atom stereocenters. The number of likely N-dealkylation sites (N-methyl/N-ethyl adjacent to an activating group) is 1. The molecule has 3 N–H and O–H groups in total. The first kappa shape index (κ1) is 14.6. The molecule has 1 aromatic heterocycles. The SMILES string of the molecule is CC(C)CC(CN(C)C)Nc1ccc(N)c2nonc12. The van der Waals surface area contributed by atoms with Crippen molar-refractivity contribution in [3.63, 3.8) is 0 Å². The summed E-state index contributed by atoms with van der Waals surface area (Å²) in [6, 6.07) is 4.11. The van der Waals surface area contributed by atoms with Crippen LogP contribution < -0.4 is 11.1 Å². The highest BCUT2D eigenvalue weighted by atomic mass is 16.6. The number of nitrogens with zero attached hydrogens (tertiary/aromatic N) is 3. The molecule has 110 valence electrons. The van der Waals surface area contributed by atoms with Crippen molar-refractivity contribution >= 4 is 22.4 Å². The van der Waals surface area contributed by atoms with Crippen LogP contribution in [0.3, 0.4) is 0 Å². The average molecular weight is 277 g/mol. The summed E-state index contributed by atoms with van der Waals surface area (Å²) in [6.07, 6.45) is 1.08. The third-order valence-electron chi connectivity index (χ3n) is 3.15. The number of aromatic nitrogens is 2. The molecule has 2 aromatic rings. The van der Waals surface area contributed by atoms with Gasteiger partial charge in [0, 0.05) is 12.6 Å². The summed E-state index contributed by atoms with van der Waals surface area (Å²) in [4.78, 5) is 2.18. The van der Waals surface area contributed by atoms with Crippen LogP contribution in [0.5, 0.6) is 0 Å². The zero-order chi connectivity index (χ0) is 14.7. The van der Waals surface area contributed by atoms with Crippen LogP contribution in [0.4, 0.5) is 11.4 Å². The fourth-order valence-corrected chi connectivity index (χ4v) is 2.41. The molecule has 0 spiro atoms. The van der Waals surface area contributed by atoms with E-state index < -0.39 is 0 Å². The summed E-state index contributed by atoms with van der Waals surface area (Å²) in [6.45, 7) is 5.40. The Morgan fingerprint density at radius 3 is 2.60 bits per heavy atom. The van der Waals surface area contributed by atoms with E-state index in [0.29, 0.717) is 28.7 Å². The largest absolute Gasteiger partial charge is 0.397 e. The van der Waals surface area contributed by atoms with Gasteiger partial charge < -0.3 is 16.0 Å². The van der Waals surface area contributed by atoms with Crippen LogP contribution in [-0.2, 0) is 0 Å². The lowest BCUT2D eigenvalue weighted by atomic mass is 10.0. The number of benzene rings is 1. The highest BCUT2D eigenvalue weighted by Gasteiger charge is 2.16. The number of anilines is 2. The van der Waals surface area contributed by atoms with E-state index >= 15 is 0 Å². The molecular formula is C14H23N5O. The van der Waals surface area contributed by atoms with Gasteiger partial charge in [0.25, 0.3) is 0 Å². The van der Waals surface area contributed by atoms with Crippen LogP contribution in [0.2, 0.25) is 0 Å². The Labute approximate surface area is 119 Å². The van der Waals surface area contributed by atoms with E-state index in [4.69, 9.17) is 10.4 Å². The van der Waals surface area contributed by atoms with Gasteiger partial charge in [0.2, 0.25) is 0 Å². The molecule has 6 nitrogen and oxygen atoms in total. The zero-order valence-electron chi connectivity index (χ0n) is 12.6. The summed E-state index contributed by atoms with van der Waals surface area (Å²) in [5.41, 5.74) is 8.67. The van der Waals surface area contributed by atoms with E-state index in [-0.39, 0.29) is 0 Å². The van der Waals surface area contributed by atoms with Crippen LogP contribution in [0.1, 0.15) is 20.3 Å². The van der Waals surface area contributed by atoms with Gasteiger partial charge in [0.15, 0.2) is 11.0 Å². The fraction of sp³-hybridized carbons (Fsp3) is 0.571. The molecule has 0 saturated carbocycles. The Morgan fingerprint density at radius 2 is 1.95 bits per heavy atom. The highest BCUT2D eigenvalue weighted by molar-refractivity contribution is 5.95. The van der Waals surface area contributed by atoms with Crippen molar-refractivity contribution in [2.24, 2.45) is 5.92 Å². The molecule has 1 heterocycles. The maximum Gasteiger partial charge on any atom is 0.160 e. The first-order valence-electron chi connectivity index (χ1n) is 6.89. The quantitative estimate of drug-likeness (QED) is 0.788. The first-order valence-corrected chi connectivity index (χ1v) is 6.89. The molecule has 1 aromatic carbocycles. The summed E-state index contributed by atoms with van der Waals surface area (Å²) in [5.74, 6) is 0.618. The van der Waals surface area contributed by atoms with E-state index in [1.165, 1.54) is 0 Å². The van der Waals surface area contributed by atoms with Crippen LogP contribution >= 0.6 is 0 Å².